The van der Waals surface area contributed by atoms with E-state index >= 15 is 0 Å². The highest BCUT2D eigenvalue weighted by atomic mass is 16.5. The molecule has 6 heteroatoms. The van der Waals surface area contributed by atoms with E-state index in [2.05, 4.69) is 22.5 Å². The van der Waals surface area contributed by atoms with Crippen LogP contribution < -0.4 is 15.8 Å². The molecule has 2 aromatic rings. The molecule has 1 aliphatic rings. The lowest BCUT2D eigenvalue weighted by atomic mass is 10.1. The molecule has 3 rings (SSSR count). The monoisotopic (exact) mass is 286 g/mol. The molecule has 6 nitrogen and oxygen atoms in total. The van der Waals surface area contributed by atoms with Crippen LogP contribution in [-0.2, 0) is 17.8 Å². The van der Waals surface area contributed by atoms with Crippen molar-refractivity contribution >= 4 is 11.6 Å². The van der Waals surface area contributed by atoms with Gasteiger partial charge >= 0.3 is 0 Å². The maximum Gasteiger partial charge on any atom is 0.239 e. The number of ether oxygens (including phenoxy) is 1. The third-order valence-corrected chi connectivity index (χ3v) is 3.72. The first kappa shape index (κ1) is 13.5. The zero-order chi connectivity index (χ0) is 14.8. The third kappa shape index (κ3) is 2.84. The van der Waals surface area contributed by atoms with E-state index in [-0.39, 0.29) is 12.6 Å². The summed E-state index contributed by atoms with van der Waals surface area (Å²) in [4.78, 5) is 10.9. The summed E-state index contributed by atoms with van der Waals surface area (Å²) in [6, 6.07) is 6.42. The second kappa shape index (κ2) is 5.47. The molecule has 0 saturated carbocycles. The average Bonchev–Trinajstić information content (AvgIpc) is 3.06. The number of aryl methyl sites for hydroxylation is 1. The lowest BCUT2D eigenvalue weighted by Crippen LogP contribution is -2.18. The largest absolute Gasteiger partial charge is 0.497 e. The van der Waals surface area contributed by atoms with Gasteiger partial charge in [0.1, 0.15) is 12.3 Å². The van der Waals surface area contributed by atoms with Crippen molar-refractivity contribution in [2.45, 2.75) is 25.4 Å². The zero-order valence-corrected chi connectivity index (χ0v) is 11.9. The molecule has 110 valence electrons. The van der Waals surface area contributed by atoms with Crippen LogP contribution in [0, 0.1) is 0 Å². The van der Waals surface area contributed by atoms with Crippen LogP contribution in [0.15, 0.2) is 30.6 Å². The van der Waals surface area contributed by atoms with Crippen molar-refractivity contribution in [1.82, 2.24) is 9.78 Å². The number of benzene rings is 1. The van der Waals surface area contributed by atoms with E-state index in [4.69, 9.17) is 10.5 Å². The number of fused-ring (bicyclic) bond motifs is 1. The molecule has 1 aliphatic carbocycles. The van der Waals surface area contributed by atoms with Crippen LogP contribution in [-0.4, -0.2) is 22.8 Å². The predicted octanol–water partition coefficient (Wildman–Crippen LogP) is 1.48. The number of nitrogens with zero attached hydrogens (tertiary/aromatic N) is 2. The fourth-order valence-electron chi connectivity index (χ4n) is 2.74. The quantitative estimate of drug-likeness (QED) is 0.872. The number of nitrogens with one attached hydrogen (secondary N) is 1. The highest BCUT2D eigenvalue weighted by molar-refractivity contribution is 5.73. The number of methoxy groups -OCH3 is 1. The van der Waals surface area contributed by atoms with Gasteiger partial charge in [-0.05, 0) is 36.1 Å². The van der Waals surface area contributed by atoms with Gasteiger partial charge in [0.2, 0.25) is 5.91 Å². The van der Waals surface area contributed by atoms with Gasteiger partial charge in [-0.15, -0.1) is 0 Å². The lowest BCUT2D eigenvalue weighted by molar-refractivity contribution is -0.118. The summed E-state index contributed by atoms with van der Waals surface area (Å²) in [6.45, 7) is 0.0940. The van der Waals surface area contributed by atoms with Crippen molar-refractivity contribution in [3.8, 4) is 5.75 Å². The van der Waals surface area contributed by atoms with Crippen molar-refractivity contribution < 1.29 is 9.53 Å². The van der Waals surface area contributed by atoms with E-state index in [1.807, 2.05) is 6.07 Å². The number of anilines is 1. The second-order valence-electron chi connectivity index (χ2n) is 5.19. The van der Waals surface area contributed by atoms with E-state index in [9.17, 15) is 4.79 Å². The summed E-state index contributed by atoms with van der Waals surface area (Å²) in [6.07, 6.45) is 5.58. The first-order chi connectivity index (χ1) is 10.2. The minimum atomic E-state index is -0.402. The smallest absolute Gasteiger partial charge is 0.239 e. The van der Waals surface area contributed by atoms with Gasteiger partial charge in [0.05, 0.1) is 25.0 Å². The first-order valence-corrected chi connectivity index (χ1v) is 6.90. The molecule has 0 aliphatic heterocycles. The Morgan fingerprint density at radius 3 is 3.19 bits per heavy atom. The maximum atomic E-state index is 10.9. The Morgan fingerprint density at radius 2 is 2.43 bits per heavy atom. The second-order valence-corrected chi connectivity index (χ2v) is 5.19. The summed E-state index contributed by atoms with van der Waals surface area (Å²) < 4.78 is 6.82. The van der Waals surface area contributed by atoms with Gasteiger partial charge in [-0.2, -0.15) is 5.10 Å². The SMILES string of the molecule is COc1ccc2c(c1)C(Nc1cnn(CC(N)=O)c1)CC2. The molecule has 1 aromatic heterocycles. The van der Waals surface area contributed by atoms with Crippen LogP contribution in [0.5, 0.6) is 5.75 Å². The predicted molar refractivity (Wildman–Crippen MR) is 79.1 cm³/mol. The molecule has 3 N–H and O–H groups in total. The maximum absolute atomic E-state index is 10.9. The number of carbonyl (C=O) groups excluding carboxylic acids is 1. The van der Waals surface area contributed by atoms with Crippen LogP contribution in [0.3, 0.4) is 0 Å². The number of carbonyl (C=O) groups is 1. The van der Waals surface area contributed by atoms with Crippen LogP contribution >= 0.6 is 0 Å². The Bertz CT molecular complexity index is 665. The Labute approximate surface area is 122 Å². The highest BCUT2D eigenvalue weighted by Crippen LogP contribution is 2.35. The molecule has 1 amide bonds. The van der Waals surface area contributed by atoms with Crippen LogP contribution in [0.25, 0.3) is 0 Å². The van der Waals surface area contributed by atoms with Gasteiger partial charge in [0.15, 0.2) is 0 Å². The van der Waals surface area contributed by atoms with Gasteiger partial charge in [0, 0.05) is 6.20 Å². The number of primary amides is 1. The summed E-state index contributed by atoms with van der Waals surface area (Å²) >= 11 is 0. The van der Waals surface area contributed by atoms with Crippen molar-refractivity contribution in [2.75, 3.05) is 12.4 Å². The molecule has 0 saturated heterocycles. The van der Waals surface area contributed by atoms with Crippen molar-refractivity contribution in [2.24, 2.45) is 5.73 Å². The molecule has 21 heavy (non-hydrogen) atoms. The lowest BCUT2D eigenvalue weighted by Gasteiger charge is -2.14. The van der Waals surface area contributed by atoms with Gasteiger partial charge in [0.25, 0.3) is 0 Å². The number of nitrogens with two attached hydrogens (primary N) is 1. The average molecular weight is 286 g/mol. The Hall–Kier alpha value is -2.50. The van der Waals surface area contributed by atoms with Crippen molar-refractivity contribution in [1.29, 1.82) is 0 Å². The van der Waals surface area contributed by atoms with Crippen molar-refractivity contribution in [3.05, 3.63) is 41.7 Å². The van der Waals surface area contributed by atoms with Crippen LogP contribution in [0.1, 0.15) is 23.6 Å². The van der Waals surface area contributed by atoms with E-state index in [1.54, 1.807) is 19.5 Å². The number of amides is 1. The minimum Gasteiger partial charge on any atom is -0.497 e. The highest BCUT2D eigenvalue weighted by Gasteiger charge is 2.23. The topological polar surface area (TPSA) is 82.2 Å². The summed E-state index contributed by atoms with van der Waals surface area (Å²) in [5.74, 6) is 0.465. The molecule has 0 radical (unpaired) electrons. The van der Waals surface area contributed by atoms with E-state index in [0.29, 0.717) is 0 Å². The molecular weight excluding hydrogens is 268 g/mol. The zero-order valence-electron chi connectivity index (χ0n) is 11.9. The van der Waals surface area contributed by atoms with Crippen molar-refractivity contribution in [3.63, 3.8) is 0 Å². The van der Waals surface area contributed by atoms with Gasteiger partial charge in [-0.25, -0.2) is 0 Å². The Kier molecular flexibility index (Phi) is 3.51. The normalized spacial score (nSPS) is 16.5. The minimum absolute atomic E-state index is 0.0940. The molecule has 0 spiro atoms. The molecule has 1 aromatic carbocycles. The van der Waals surface area contributed by atoms with Gasteiger partial charge in [-0.3, -0.25) is 9.48 Å². The number of hydrogen-bond acceptors (Lipinski definition) is 4. The summed E-state index contributed by atoms with van der Waals surface area (Å²) in [7, 11) is 1.67. The molecular formula is C15H18N4O2. The van der Waals surface area contributed by atoms with Crippen LogP contribution in [0.4, 0.5) is 5.69 Å². The van der Waals surface area contributed by atoms with E-state index in [1.165, 1.54) is 15.8 Å². The number of rotatable bonds is 5. The molecule has 1 heterocycles. The fraction of sp³-hybridized carbons (Fsp3) is 0.333. The van der Waals surface area contributed by atoms with E-state index in [0.717, 1.165) is 24.3 Å². The summed E-state index contributed by atoms with van der Waals surface area (Å²) in [5.41, 5.74) is 8.65. The van der Waals surface area contributed by atoms with Gasteiger partial charge in [-0.1, -0.05) is 6.07 Å². The number of aromatic nitrogens is 2. The van der Waals surface area contributed by atoms with Crippen LogP contribution in [0.2, 0.25) is 0 Å². The van der Waals surface area contributed by atoms with E-state index < -0.39 is 5.91 Å². The molecule has 1 unspecified atom stereocenters. The Balaban J connectivity index is 1.75. The standard InChI is InChI=1S/C15H18N4O2/c1-21-12-4-2-10-3-5-14(13(10)6-12)18-11-7-17-19(8-11)9-15(16)20/h2,4,6-8,14,18H,3,5,9H2,1H3,(H2,16,20). The molecule has 0 bridgehead atoms. The fourth-order valence-corrected chi connectivity index (χ4v) is 2.74. The first-order valence-electron chi connectivity index (χ1n) is 6.90. The van der Waals surface area contributed by atoms with Gasteiger partial charge < -0.3 is 15.8 Å². The number of hydrogen-bond donors (Lipinski definition) is 2. The Morgan fingerprint density at radius 1 is 1.57 bits per heavy atom. The molecule has 1 atom stereocenters. The molecule has 0 fully saturated rings. The summed E-state index contributed by atoms with van der Waals surface area (Å²) in [5, 5.41) is 7.57. The third-order valence-electron chi connectivity index (χ3n) is 3.72.